The molecule has 0 spiro atoms. The Bertz CT molecular complexity index is 147. The number of carbonyl (C=O) groups excluding carboxylic acids is 1. The van der Waals surface area contributed by atoms with Crippen molar-refractivity contribution in [2.45, 2.75) is 45.1 Å². The van der Waals surface area contributed by atoms with Gasteiger partial charge < -0.3 is 14.9 Å². The van der Waals surface area contributed by atoms with E-state index in [0.29, 0.717) is 13.0 Å². The quantitative estimate of drug-likeness (QED) is 0.454. The molecule has 0 rings (SSSR count). The molecule has 4 nitrogen and oxygen atoms in total. The first-order valence-corrected chi connectivity index (χ1v) is 5.15. The molecule has 1 unspecified atom stereocenters. The van der Waals surface area contributed by atoms with Gasteiger partial charge in [0.15, 0.2) is 0 Å². The summed E-state index contributed by atoms with van der Waals surface area (Å²) in [5, 5.41) is 17.9. The van der Waals surface area contributed by atoms with Crippen LogP contribution in [0.2, 0.25) is 0 Å². The van der Waals surface area contributed by atoms with Crippen LogP contribution in [0.4, 0.5) is 0 Å². The summed E-state index contributed by atoms with van der Waals surface area (Å²) in [6.07, 6.45) is 2.54. The Hall–Kier alpha value is -0.610. The highest BCUT2D eigenvalue weighted by atomic mass is 16.5. The standard InChI is InChI=1S/C10H20O4/c1-2-14-10(13)8-9(12)6-4-3-5-7-11/h9,11-12H,2-8H2,1H3. The molecular weight excluding hydrogens is 184 g/mol. The lowest BCUT2D eigenvalue weighted by Gasteiger charge is -2.08. The molecule has 0 bridgehead atoms. The minimum atomic E-state index is -0.604. The number of carbonyl (C=O) groups is 1. The number of hydrogen-bond donors (Lipinski definition) is 2. The van der Waals surface area contributed by atoms with E-state index in [4.69, 9.17) is 9.84 Å². The SMILES string of the molecule is CCOC(=O)CC(O)CCCCCO. The molecule has 0 amide bonds. The van der Waals surface area contributed by atoms with Gasteiger partial charge in [0, 0.05) is 6.61 Å². The van der Waals surface area contributed by atoms with Crippen molar-refractivity contribution in [1.29, 1.82) is 0 Å². The first-order chi connectivity index (χ1) is 6.70. The van der Waals surface area contributed by atoms with Crippen LogP contribution < -0.4 is 0 Å². The third-order valence-corrected chi connectivity index (χ3v) is 1.90. The molecule has 4 heteroatoms. The molecule has 0 aliphatic heterocycles. The Morgan fingerprint density at radius 1 is 1.36 bits per heavy atom. The predicted octanol–water partition coefficient (Wildman–Crippen LogP) is 0.853. The van der Waals surface area contributed by atoms with Gasteiger partial charge >= 0.3 is 5.97 Å². The Labute approximate surface area is 84.9 Å². The van der Waals surface area contributed by atoms with E-state index in [1.807, 2.05) is 0 Å². The van der Waals surface area contributed by atoms with Gasteiger partial charge in [0.05, 0.1) is 19.1 Å². The highest BCUT2D eigenvalue weighted by Gasteiger charge is 2.10. The monoisotopic (exact) mass is 204 g/mol. The summed E-state index contributed by atoms with van der Waals surface area (Å²) < 4.78 is 4.70. The minimum Gasteiger partial charge on any atom is -0.466 e. The second kappa shape index (κ2) is 8.97. The molecule has 0 aliphatic carbocycles. The normalized spacial score (nSPS) is 12.5. The van der Waals surface area contributed by atoms with Crippen LogP contribution in [0.3, 0.4) is 0 Å². The summed E-state index contributed by atoms with van der Waals surface area (Å²) in [5.74, 6) is -0.345. The van der Waals surface area contributed by atoms with Crippen LogP contribution in [0.1, 0.15) is 39.0 Å². The second-order valence-electron chi connectivity index (χ2n) is 3.24. The fourth-order valence-corrected chi connectivity index (χ4v) is 1.18. The number of rotatable bonds is 8. The highest BCUT2D eigenvalue weighted by molar-refractivity contribution is 5.69. The first kappa shape index (κ1) is 13.4. The zero-order valence-corrected chi connectivity index (χ0v) is 8.74. The average Bonchev–Trinajstić information content (AvgIpc) is 2.13. The molecule has 0 fully saturated rings. The van der Waals surface area contributed by atoms with Crippen LogP contribution in [0.25, 0.3) is 0 Å². The third-order valence-electron chi connectivity index (χ3n) is 1.90. The largest absolute Gasteiger partial charge is 0.466 e. The van der Waals surface area contributed by atoms with Crippen molar-refractivity contribution in [2.75, 3.05) is 13.2 Å². The molecule has 0 saturated heterocycles. The van der Waals surface area contributed by atoms with Gasteiger partial charge in [-0.2, -0.15) is 0 Å². The van der Waals surface area contributed by atoms with E-state index in [1.165, 1.54) is 0 Å². The van der Waals surface area contributed by atoms with Crippen molar-refractivity contribution in [3.8, 4) is 0 Å². The number of ether oxygens (including phenoxy) is 1. The molecule has 2 N–H and O–H groups in total. The second-order valence-corrected chi connectivity index (χ2v) is 3.24. The summed E-state index contributed by atoms with van der Waals surface area (Å²) in [4.78, 5) is 10.9. The molecule has 0 heterocycles. The predicted molar refractivity (Wildman–Crippen MR) is 52.8 cm³/mol. The molecule has 14 heavy (non-hydrogen) atoms. The zero-order valence-electron chi connectivity index (χ0n) is 8.74. The molecule has 0 saturated carbocycles. The molecule has 0 aromatic carbocycles. The van der Waals surface area contributed by atoms with Crippen molar-refractivity contribution in [2.24, 2.45) is 0 Å². The fourth-order valence-electron chi connectivity index (χ4n) is 1.18. The van der Waals surface area contributed by atoms with Gasteiger partial charge in [-0.3, -0.25) is 4.79 Å². The van der Waals surface area contributed by atoms with Gasteiger partial charge in [-0.25, -0.2) is 0 Å². The summed E-state index contributed by atoms with van der Waals surface area (Å²) in [7, 11) is 0. The third kappa shape index (κ3) is 8.01. The smallest absolute Gasteiger partial charge is 0.308 e. The average molecular weight is 204 g/mol. The highest BCUT2D eigenvalue weighted by Crippen LogP contribution is 2.06. The topological polar surface area (TPSA) is 66.8 Å². The Kier molecular flexibility index (Phi) is 8.57. The Balaban J connectivity index is 3.35. The fraction of sp³-hybridized carbons (Fsp3) is 0.900. The van der Waals surface area contributed by atoms with E-state index in [1.54, 1.807) is 6.92 Å². The van der Waals surface area contributed by atoms with E-state index >= 15 is 0 Å². The number of aliphatic hydroxyl groups excluding tert-OH is 2. The maximum absolute atomic E-state index is 10.9. The summed E-state index contributed by atoms with van der Waals surface area (Å²) in [6.45, 7) is 2.29. The van der Waals surface area contributed by atoms with Gasteiger partial charge in [-0.1, -0.05) is 12.8 Å². The van der Waals surface area contributed by atoms with Crippen LogP contribution in [0, 0.1) is 0 Å². The first-order valence-electron chi connectivity index (χ1n) is 5.15. The number of aliphatic hydroxyl groups is 2. The van der Waals surface area contributed by atoms with Crippen LogP contribution >= 0.6 is 0 Å². The van der Waals surface area contributed by atoms with Crippen molar-refractivity contribution in [3.05, 3.63) is 0 Å². The Morgan fingerprint density at radius 3 is 2.64 bits per heavy atom. The molecule has 1 atom stereocenters. The van der Waals surface area contributed by atoms with E-state index in [9.17, 15) is 9.90 Å². The van der Waals surface area contributed by atoms with E-state index in [2.05, 4.69) is 0 Å². The Morgan fingerprint density at radius 2 is 2.07 bits per heavy atom. The molecule has 0 aromatic heterocycles. The van der Waals surface area contributed by atoms with Crippen molar-refractivity contribution < 1.29 is 19.7 Å². The molecule has 0 aromatic rings. The van der Waals surface area contributed by atoms with Crippen LogP contribution in [0.5, 0.6) is 0 Å². The van der Waals surface area contributed by atoms with E-state index in [-0.39, 0.29) is 19.0 Å². The number of hydrogen-bond acceptors (Lipinski definition) is 4. The van der Waals surface area contributed by atoms with Gasteiger partial charge in [0.25, 0.3) is 0 Å². The van der Waals surface area contributed by atoms with Crippen molar-refractivity contribution >= 4 is 5.97 Å². The number of unbranched alkanes of at least 4 members (excludes halogenated alkanes) is 2. The zero-order chi connectivity index (χ0) is 10.8. The van der Waals surface area contributed by atoms with E-state index in [0.717, 1.165) is 19.3 Å². The van der Waals surface area contributed by atoms with Crippen LogP contribution in [0.15, 0.2) is 0 Å². The van der Waals surface area contributed by atoms with Crippen LogP contribution in [-0.4, -0.2) is 35.5 Å². The van der Waals surface area contributed by atoms with Gasteiger partial charge in [0.1, 0.15) is 0 Å². The molecule has 0 aliphatic rings. The van der Waals surface area contributed by atoms with Gasteiger partial charge in [-0.05, 0) is 19.8 Å². The summed E-state index contributed by atoms with van der Waals surface area (Å²) >= 11 is 0. The van der Waals surface area contributed by atoms with Crippen molar-refractivity contribution in [3.63, 3.8) is 0 Å². The van der Waals surface area contributed by atoms with Crippen LogP contribution in [-0.2, 0) is 9.53 Å². The van der Waals surface area contributed by atoms with E-state index < -0.39 is 6.10 Å². The summed E-state index contributed by atoms with van der Waals surface area (Å²) in [5.41, 5.74) is 0. The minimum absolute atomic E-state index is 0.0764. The molecule has 84 valence electrons. The lowest BCUT2D eigenvalue weighted by molar-refractivity contribution is -0.145. The van der Waals surface area contributed by atoms with Gasteiger partial charge in [-0.15, -0.1) is 0 Å². The molecule has 0 radical (unpaired) electrons. The maximum Gasteiger partial charge on any atom is 0.308 e. The lowest BCUT2D eigenvalue weighted by Crippen LogP contribution is -2.15. The maximum atomic E-state index is 10.9. The van der Waals surface area contributed by atoms with Crippen molar-refractivity contribution in [1.82, 2.24) is 0 Å². The number of esters is 1. The van der Waals surface area contributed by atoms with Gasteiger partial charge in [0.2, 0.25) is 0 Å². The molecular formula is C10H20O4. The lowest BCUT2D eigenvalue weighted by atomic mass is 10.1. The summed E-state index contributed by atoms with van der Waals surface area (Å²) in [6, 6.07) is 0.